The van der Waals surface area contributed by atoms with E-state index in [2.05, 4.69) is 4.98 Å². The van der Waals surface area contributed by atoms with Crippen LogP contribution in [0.3, 0.4) is 0 Å². The molecular formula is C23H27F3N4O3S2. The molecule has 0 spiro atoms. The fraction of sp³-hybridized carbons (Fsp3) is 0.391. The number of amides is 2. The van der Waals surface area contributed by atoms with Gasteiger partial charge in [0.05, 0.1) is 6.42 Å². The van der Waals surface area contributed by atoms with Crippen molar-refractivity contribution in [1.82, 2.24) is 19.6 Å². The molecule has 7 nitrogen and oxygen atoms in total. The standard InChI is InChI=1S/C23H27F3N4O3S2/c1-15(2)12-19-13-20(18-6-4-17(5-7-18)14-30-11-10-27-16(30)3)21(34-19)35(32,33)29-22(31)28-9-8-23(24,25)26/h4-7,10-11,13,15H,8-9,12,14H2,1-3H3,(H2,28,29,31). The summed E-state index contributed by atoms with van der Waals surface area (Å²) in [7, 11) is -4.31. The van der Waals surface area contributed by atoms with Gasteiger partial charge in [-0.1, -0.05) is 38.1 Å². The monoisotopic (exact) mass is 528 g/mol. The van der Waals surface area contributed by atoms with E-state index < -0.39 is 35.2 Å². The van der Waals surface area contributed by atoms with E-state index in [1.165, 1.54) is 0 Å². The lowest BCUT2D eigenvalue weighted by molar-refractivity contribution is -0.132. The molecule has 2 heterocycles. The Morgan fingerprint density at radius 1 is 1.20 bits per heavy atom. The Morgan fingerprint density at radius 2 is 1.89 bits per heavy atom. The molecule has 12 heteroatoms. The van der Waals surface area contributed by atoms with E-state index in [1.807, 2.05) is 65.8 Å². The molecule has 0 saturated heterocycles. The van der Waals surface area contributed by atoms with Crippen molar-refractivity contribution in [3.8, 4) is 11.1 Å². The summed E-state index contributed by atoms with van der Waals surface area (Å²) < 4.78 is 66.8. The van der Waals surface area contributed by atoms with Crippen LogP contribution < -0.4 is 10.0 Å². The number of imidazole rings is 1. The SMILES string of the molecule is Cc1nccn1Cc1ccc(-c2cc(CC(C)C)sc2S(=O)(=O)NC(=O)NCCC(F)(F)F)cc1. The van der Waals surface area contributed by atoms with E-state index in [0.29, 0.717) is 24.1 Å². The van der Waals surface area contributed by atoms with Crippen molar-refractivity contribution < 1.29 is 26.4 Å². The topological polar surface area (TPSA) is 93.1 Å². The van der Waals surface area contributed by atoms with Gasteiger partial charge in [0, 0.05) is 35.9 Å². The second kappa shape index (κ2) is 10.8. The predicted octanol–water partition coefficient (Wildman–Crippen LogP) is 5.11. The Balaban J connectivity index is 1.84. The summed E-state index contributed by atoms with van der Waals surface area (Å²) in [5, 5.41) is 1.94. The van der Waals surface area contributed by atoms with Crippen LogP contribution in [0.4, 0.5) is 18.0 Å². The van der Waals surface area contributed by atoms with Gasteiger partial charge in [-0.3, -0.25) is 0 Å². The molecule has 0 aliphatic rings. The van der Waals surface area contributed by atoms with Crippen LogP contribution in [0.15, 0.2) is 46.9 Å². The number of hydrogen-bond acceptors (Lipinski definition) is 5. The van der Waals surface area contributed by atoms with Gasteiger partial charge in [0.15, 0.2) is 0 Å². The van der Waals surface area contributed by atoms with E-state index in [-0.39, 0.29) is 10.1 Å². The summed E-state index contributed by atoms with van der Waals surface area (Å²) >= 11 is 1.05. The Bertz CT molecular complexity index is 1260. The summed E-state index contributed by atoms with van der Waals surface area (Å²) in [6.07, 6.45) is -1.48. The molecule has 2 aromatic heterocycles. The minimum absolute atomic E-state index is 0.0580. The summed E-state index contributed by atoms with van der Waals surface area (Å²) in [6.45, 7) is 5.80. The summed E-state index contributed by atoms with van der Waals surface area (Å²) in [4.78, 5) is 17.0. The van der Waals surface area contributed by atoms with Crippen molar-refractivity contribution in [3.05, 3.63) is 59.0 Å². The first-order chi connectivity index (χ1) is 16.3. The number of halogens is 3. The van der Waals surface area contributed by atoms with Crippen LogP contribution in [-0.4, -0.2) is 36.7 Å². The molecule has 3 rings (SSSR count). The molecule has 0 atom stereocenters. The number of nitrogens with zero attached hydrogens (tertiary/aromatic N) is 2. The van der Waals surface area contributed by atoms with Gasteiger partial charge in [-0.15, -0.1) is 11.3 Å². The normalized spacial score (nSPS) is 12.2. The molecule has 35 heavy (non-hydrogen) atoms. The highest BCUT2D eigenvalue weighted by molar-refractivity contribution is 7.92. The van der Waals surface area contributed by atoms with Gasteiger partial charge in [0.1, 0.15) is 10.0 Å². The second-order valence-corrected chi connectivity index (χ2v) is 11.6. The minimum Gasteiger partial charge on any atom is -0.337 e. The maximum atomic E-state index is 13.0. The zero-order valence-corrected chi connectivity index (χ0v) is 21.1. The van der Waals surface area contributed by atoms with Crippen LogP contribution in [-0.2, 0) is 23.0 Å². The van der Waals surface area contributed by atoms with E-state index in [4.69, 9.17) is 0 Å². The Hall–Kier alpha value is -2.86. The number of sulfonamides is 1. The Morgan fingerprint density at radius 3 is 2.46 bits per heavy atom. The Kier molecular flexibility index (Phi) is 8.26. The number of hydrogen-bond donors (Lipinski definition) is 2. The number of alkyl halides is 3. The van der Waals surface area contributed by atoms with E-state index in [0.717, 1.165) is 27.6 Å². The van der Waals surface area contributed by atoms with Gasteiger partial charge >= 0.3 is 12.2 Å². The number of aryl methyl sites for hydroxylation is 1. The molecule has 2 N–H and O–H groups in total. The van der Waals surface area contributed by atoms with Crippen LogP contribution in [0.2, 0.25) is 0 Å². The molecule has 0 fully saturated rings. The summed E-state index contributed by atoms with van der Waals surface area (Å²) in [5.41, 5.74) is 2.09. The van der Waals surface area contributed by atoms with Gasteiger partial charge in [-0.25, -0.2) is 22.9 Å². The maximum absolute atomic E-state index is 13.0. The summed E-state index contributed by atoms with van der Waals surface area (Å²) in [5.74, 6) is 1.15. The van der Waals surface area contributed by atoms with Crippen LogP contribution in [0.5, 0.6) is 0 Å². The minimum atomic E-state index is -4.46. The van der Waals surface area contributed by atoms with Crippen molar-refractivity contribution in [2.75, 3.05) is 6.54 Å². The molecule has 1 aromatic carbocycles. The maximum Gasteiger partial charge on any atom is 0.390 e. The van der Waals surface area contributed by atoms with Crippen molar-refractivity contribution in [1.29, 1.82) is 0 Å². The van der Waals surface area contributed by atoms with Crippen molar-refractivity contribution >= 4 is 27.4 Å². The second-order valence-electron chi connectivity index (χ2n) is 8.54. The fourth-order valence-corrected chi connectivity index (χ4v) is 6.29. The van der Waals surface area contributed by atoms with E-state index in [9.17, 15) is 26.4 Å². The average molecular weight is 529 g/mol. The molecule has 2 amide bonds. The number of urea groups is 1. The van der Waals surface area contributed by atoms with Gasteiger partial charge in [0.2, 0.25) is 0 Å². The van der Waals surface area contributed by atoms with Gasteiger partial charge < -0.3 is 9.88 Å². The smallest absolute Gasteiger partial charge is 0.337 e. The molecule has 0 unspecified atom stereocenters. The third kappa shape index (κ3) is 7.56. The van der Waals surface area contributed by atoms with Crippen LogP contribution in [0.1, 0.15) is 36.5 Å². The first-order valence-corrected chi connectivity index (χ1v) is 13.2. The molecule has 0 aliphatic heterocycles. The zero-order chi connectivity index (χ0) is 25.8. The quantitative estimate of drug-likeness (QED) is 0.404. The number of thiophene rings is 1. The number of carbonyl (C=O) groups excluding carboxylic acids is 1. The van der Waals surface area contributed by atoms with Gasteiger partial charge in [0.25, 0.3) is 10.0 Å². The van der Waals surface area contributed by atoms with Gasteiger partial charge in [-0.2, -0.15) is 13.2 Å². The van der Waals surface area contributed by atoms with Gasteiger partial charge in [-0.05, 0) is 36.5 Å². The lowest BCUT2D eigenvalue weighted by atomic mass is 10.0. The molecule has 0 radical (unpaired) electrons. The molecular weight excluding hydrogens is 501 g/mol. The average Bonchev–Trinajstić information content (AvgIpc) is 3.33. The number of aromatic nitrogens is 2. The number of benzene rings is 1. The lowest BCUT2D eigenvalue weighted by Gasteiger charge is -2.11. The first kappa shape index (κ1) is 26.7. The third-order valence-electron chi connectivity index (χ3n) is 5.07. The highest BCUT2D eigenvalue weighted by atomic mass is 32.2. The largest absolute Gasteiger partial charge is 0.390 e. The number of rotatable bonds is 9. The molecule has 0 saturated carbocycles. The van der Waals surface area contributed by atoms with Crippen LogP contribution in [0, 0.1) is 12.8 Å². The zero-order valence-electron chi connectivity index (χ0n) is 19.5. The van der Waals surface area contributed by atoms with E-state index in [1.54, 1.807) is 12.3 Å². The molecule has 0 bridgehead atoms. The fourth-order valence-electron chi connectivity index (χ4n) is 3.41. The highest BCUT2D eigenvalue weighted by Gasteiger charge is 2.28. The van der Waals surface area contributed by atoms with Crippen molar-refractivity contribution in [3.63, 3.8) is 0 Å². The van der Waals surface area contributed by atoms with Crippen LogP contribution >= 0.6 is 11.3 Å². The summed E-state index contributed by atoms with van der Waals surface area (Å²) in [6, 6.07) is 7.99. The highest BCUT2D eigenvalue weighted by Crippen LogP contribution is 2.36. The van der Waals surface area contributed by atoms with Crippen LogP contribution in [0.25, 0.3) is 11.1 Å². The van der Waals surface area contributed by atoms with E-state index >= 15 is 0 Å². The molecule has 190 valence electrons. The predicted molar refractivity (Wildman–Crippen MR) is 129 cm³/mol. The molecule has 3 aromatic rings. The number of carbonyl (C=O) groups is 1. The lowest BCUT2D eigenvalue weighted by Crippen LogP contribution is -2.40. The third-order valence-corrected chi connectivity index (χ3v) is 8.09. The Labute approximate surface area is 206 Å². The van der Waals surface area contributed by atoms with Crippen molar-refractivity contribution in [2.24, 2.45) is 5.92 Å². The molecule has 0 aliphatic carbocycles. The first-order valence-electron chi connectivity index (χ1n) is 10.9. The van der Waals surface area contributed by atoms with Crippen molar-refractivity contribution in [2.45, 2.75) is 50.5 Å². The number of nitrogens with one attached hydrogen (secondary N) is 2.